The van der Waals surface area contributed by atoms with Gasteiger partial charge in [-0.15, -0.1) is 0 Å². The maximum absolute atomic E-state index is 9.72. The summed E-state index contributed by atoms with van der Waals surface area (Å²) in [6, 6.07) is 0. The van der Waals surface area contributed by atoms with E-state index < -0.39 is 5.60 Å². The molecule has 0 aliphatic carbocycles. The fourth-order valence-electron chi connectivity index (χ4n) is 2.25. The average Bonchev–Trinajstić information content (AvgIpc) is 2.15. The zero-order chi connectivity index (χ0) is 12.2. The summed E-state index contributed by atoms with van der Waals surface area (Å²) in [5.74, 6) is 0. The van der Waals surface area contributed by atoms with Gasteiger partial charge in [0.1, 0.15) is 0 Å². The van der Waals surface area contributed by atoms with Crippen molar-refractivity contribution in [3.63, 3.8) is 0 Å². The standard InChI is InChI=1S/C12H26N2O2/c1-5-14-6-7-16-11(9-14)8-13(4)10-12(2,3)15/h11,15H,5-10H2,1-4H3. The molecule has 0 aromatic carbocycles. The summed E-state index contributed by atoms with van der Waals surface area (Å²) in [5, 5.41) is 9.72. The van der Waals surface area contributed by atoms with Crippen molar-refractivity contribution in [2.24, 2.45) is 0 Å². The highest BCUT2D eigenvalue weighted by Crippen LogP contribution is 2.08. The Morgan fingerprint density at radius 2 is 2.19 bits per heavy atom. The minimum absolute atomic E-state index is 0.279. The molecular weight excluding hydrogens is 204 g/mol. The number of likely N-dealkylation sites (N-methyl/N-ethyl adjacent to an activating group) is 2. The van der Waals surface area contributed by atoms with Gasteiger partial charge >= 0.3 is 0 Å². The molecule has 0 saturated carbocycles. The van der Waals surface area contributed by atoms with Gasteiger partial charge in [-0.3, -0.25) is 4.90 Å². The smallest absolute Gasteiger partial charge is 0.0829 e. The van der Waals surface area contributed by atoms with E-state index in [2.05, 4.69) is 16.7 Å². The molecule has 1 saturated heterocycles. The fourth-order valence-corrected chi connectivity index (χ4v) is 2.25. The molecule has 1 aliphatic heterocycles. The van der Waals surface area contributed by atoms with Gasteiger partial charge in [0.25, 0.3) is 0 Å². The second kappa shape index (κ2) is 5.96. The first-order chi connectivity index (χ1) is 7.40. The van der Waals surface area contributed by atoms with E-state index in [9.17, 15) is 5.11 Å². The Morgan fingerprint density at radius 3 is 2.75 bits per heavy atom. The van der Waals surface area contributed by atoms with Crippen molar-refractivity contribution in [3.8, 4) is 0 Å². The highest BCUT2D eigenvalue weighted by Gasteiger charge is 2.23. The number of rotatable bonds is 5. The quantitative estimate of drug-likeness (QED) is 0.742. The van der Waals surface area contributed by atoms with Gasteiger partial charge < -0.3 is 14.7 Å². The summed E-state index contributed by atoms with van der Waals surface area (Å²) in [6.45, 7) is 11.4. The molecule has 1 N–H and O–H groups in total. The van der Waals surface area contributed by atoms with E-state index in [1.807, 2.05) is 20.9 Å². The molecule has 4 nitrogen and oxygen atoms in total. The van der Waals surface area contributed by atoms with Crippen LogP contribution in [0.1, 0.15) is 20.8 Å². The van der Waals surface area contributed by atoms with E-state index in [4.69, 9.17) is 4.74 Å². The lowest BCUT2D eigenvalue weighted by Crippen LogP contribution is -2.48. The maximum Gasteiger partial charge on any atom is 0.0829 e. The fraction of sp³-hybridized carbons (Fsp3) is 1.00. The summed E-state index contributed by atoms with van der Waals surface area (Å²) in [5.41, 5.74) is -0.631. The minimum Gasteiger partial charge on any atom is -0.389 e. The molecule has 1 heterocycles. The molecule has 1 atom stereocenters. The lowest BCUT2D eigenvalue weighted by atomic mass is 10.1. The van der Waals surface area contributed by atoms with Gasteiger partial charge in [-0.1, -0.05) is 6.92 Å². The van der Waals surface area contributed by atoms with Gasteiger partial charge in [-0.2, -0.15) is 0 Å². The Morgan fingerprint density at radius 1 is 1.50 bits per heavy atom. The molecule has 1 aliphatic rings. The van der Waals surface area contributed by atoms with Crippen LogP contribution in [0.3, 0.4) is 0 Å². The van der Waals surface area contributed by atoms with Crippen LogP contribution in [0.25, 0.3) is 0 Å². The molecule has 0 amide bonds. The van der Waals surface area contributed by atoms with Crippen LogP contribution in [0.5, 0.6) is 0 Å². The Labute approximate surface area is 99.2 Å². The zero-order valence-corrected chi connectivity index (χ0v) is 11.1. The van der Waals surface area contributed by atoms with E-state index >= 15 is 0 Å². The van der Waals surface area contributed by atoms with Gasteiger partial charge in [0, 0.05) is 26.2 Å². The number of nitrogens with zero attached hydrogens (tertiary/aromatic N) is 2. The van der Waals surface area contributed by atoms with Crippen LogP contribution in [-0.4, -0.2) is 73.0 Å². The second-order valence-electron chi connectivity index (χ2n) is 5.40. The first kappa shape index (κ1) is 13.9. The predicted octanol–water partition coefficient (Wildman–Crippen LogP) is 0.410. The number of ether oxygens (including phenoxy) is 1. The summed E-state index contributed by atoms with van der Waals surface area (Å²) in [4.78, 5) is 4.55. The van der Waals surface area contributed by atoms with Gasteiger partial charge in [0.2, 0.25) is 0 Å². The second-order valence-corrected chi connectivity index (χ2v) is 5.40. The monoisotopic (exact) mass is 230 g/mol. The SMILES string of the molecule is CCN1CCOC(CN(C)CC(C)(C)O)C1. The third-order valence-corrected chi connectivity index (χ3v) is 2.84. The van der Waals surface area contributed by atoms with E-state index in [0.29, 0.717) is 6.54 Å². The van der Waals surface area contributed by atoms with Crippen LogP contribution in [0.15, 0.2) is 0 Å². The molecule has 0 spiro atoms. The molecule has 16 heavy (non-hydrogen) atoms. The molecular formula is C12H26N2O2. The van der Waals surface area contributed by atoms with Crippen LogP contribution in [0.2, 0.25) is 0 Å². The highest BCUT2D eigenvalue weighted by molar-refractivity contribution is 4.76. The van der Waals surface area contributed by atoms with E-state index in [1.54, 1.807) is 0 Å². The molecule has 1 fully saturated rings. The Hall–Kier alpha value is -0.160. The minimum atomic E-state index is -0.631. The van der Waals surface area contributed by atoms with Gasteiger partial charge in [-0.25, -0.2) is 0 Å². The predicted molar refractivity (Wildman–Crippen MR) is 65.6 cm³/mol. The largest absolute Gasteiger partial charge is 0.389 e. The molecule has 0 aromatic heterocycles. The average molecular weight is 230 g/mol. The van der Waals surface area contributed by atoms with Crippen molar-refractivity contribution in [2.45, 2.75) is 32.5 Å². The van der Waals surface area contributed by atoms with Crippen molar-refractivity contribution >= 4 is 0 Å². The Balaban J connectivity index is 2.30. The van der Waals surface area contributed by atoms with E-state index in [-0.39, 0.29) is 6.10 Å². The first-order valence-electron chi connectivity index (χ1n) is 6.15. The van der Waals surface area contributed by atoms with Crippen molar-refractivity contribution < 1.29 is 9.84 Å². The van der Waals surface area contributed by atoms with E-state index in [0.717, 1.165) is 32.8 Å². The summed E-state index contributed by atoms with van der Waals surface area (Å²) in [7, 11) is 2.03. The third-order valence-electron chi connectivity index (χ3n) is 2.84. The number of aliphatic hydroxyl groups is 1. The number of hydrogen-bond donors (Lipinski definition) is 1. The van der Waals surface area contributed by atoms with Crippen LogP contribution >= 0.6 is 0 Å². The van der Waals surface area contributed by atoms with Crippen molar-refractivity contribution in [3.05, 3.63) is 0 Å². The van der Waals surface area contributed by atoms with Crippen LogP contribution in [0, 0.1) is 0 Å². The third kappa shape index (κ3) is 5.25. The maximum atomic E-state index is 9.72. The highest BCUT2D eigenvalue weighted by atomic mass is 16.5. The molecule has 96 valence electrons. The molecule has 0 radical (unpaired) electrons. The van der Waals surface area contributed by atoms with Crippen LogP contribution in [-0.2, 0) is 4.74 Å². The number of morpholine rings is 1. The Bertz CT molecular complexity index is 204. The lowest BCUT2D eigenvalue weighted by Gasteiger charge is -2.35. The molecule has 1 unspecified atom stereocenters. The van der Waals surface area contributed by atoms with Crippen molar-refractivity contribution in [1.82, 2.24) is 9.80 Å². The first-order valence-corrected chi connectivity index (χ1v) is 6.15. The summed E-state index contributed by atoms with van der Waals surface area (Å²) in [6.07, 6.45) is 0.279. The van der Waals surface area contributed by atoms with Gasteiger partial charge in [0.05, 0.1) is 18.3 Å². The topological polar surface area (TPSA) is 35.9 Å². The lowest BCUT2D eigenvalue weighted by molar-refractivity contribution is -0.0478. The molecule has 1 rings (SSSR count). The van der Waals surface area contributed by atoms with E-state index in [1.165, 1.54) is 0 Å². The number of hydrogen-bond acceptors (Lipinski definition) is 4. The zero-order valence-electron chi connectivity index (χ0n) is 11.1. The molecule has 0 bridgehead atoms. The summed E-state index contributed by atoms with van der Waals surface area (Å²) < 4.78 is 5.73. The van der Waals surface area contributed by atoms with Crippen LogP contribution in [0.4, 0.5) is 0 Å². The molecule has 0 aromatic rings. The normalized spacial score (nSPS) is 24.0. The summed E-state index contributed by atoms with van der Waals surface area (Å²) >= 11 is 0. The van der Waals surface area contributed by atoms with Gasteiger partial charge in [-0.05, 0) is 27.4 Å². The Kier molecular flexibility index (Phi) is 5.18. The molecule has 4 heteroatoms. The van der Waals surface area contributed by atoms with Crippen molar-refractivity contribution in [1.29, 1.82) is 0 Å². The van der Waals surface area contributed by atoms with Crippen LogP contribution < -0.4 is 0 Å². The van der Waals surface area contributed by atoms with Crippen molar-refractivity contribution in [2.75, 3.05) is 46.4 Å². The van der Waals surface area contributed by atoms with Gasteiger partial charge in [0.15, 0.2) is 0 Å².